The predicted octanol–water partition coefficient (Wildman–Crippen LogP) is 3.24. The zero-order chi connectivity index (χ0) is 12.5. The molecule has 1 aliphatic carbocycles. The van der Waals surface area contributed by atoms with E-state index in [0.29, 0.717) is 12.8 Å². The van der Waals surface area contributed by atoms with Crippen molar-refractivity contribution in [2.45, 2.75) is 31.0 Å². The quantitative estimate of drug-likeness (QED) is 0.803. The van der Waals surface area contributed by atoms with Gasteiger partial charge in [-0.3, -0.25) is 0 Å². The molecule has 1 aliphatic rings. The van der Waals surface area contributed by atoms with Gasteiger partial charge >= 0.3 is 6.18 Å². The van der Waals surface area contributed by atoms with Crippen molar-refractivity contribution in [3.63, 3.8) is 0 Å². The Morgan fingerprint density at radius 2 is 1.71 bits per heavy atom. The maximum absolute atomic E-state index is 12.3. The minimum Gasteiger partial charge on any atom is -0.373 e. The van der Waals surface area contributed by atoms with Crippen LogP contribution < -0.4 is 0 Å². The van der Waals surface area contributed by atoms with Crippen molar-refractivity contribution < 1.29 is 18.3 Å². The van der Waals surface area contributed by atoms with Gasteiger partial charge in [0.2, 0.25) is 5.60 Å². The highest BCUT2D eigenvalue weighted by Crippen LogP contribution is 2.49. The SMILES string of the molecule is OC1(C(F)(F)F)C=C1CCCc1ccccc1. The Kier molecular flexibility index (Phi) is 3.00. The largest absolute Gasteiger partial charge is 0.424 e. The summed E-state index contributed by atoms with van der Waals surface area (Å²) in [6, 6.07) is 9.58. The molecule has 1 atom stereocenters. The Hall–Kier alpha value is -1.29. The van der Waals surface area contributed by atoms with E-state index in [0.717, 1.165) is 18.1 Å². The first-order valence-electron chi connectivity index (χ1n) is 5.49. The van der Waals surface area contributed by atoms with Crippen LogP contribution in [0.3, 0.4) is 0 Å². The fraction of sp³-hybridized carbons (Fsp3) is 0.385. The third-order valence-corrected chi connectivity index (χ3v) is 2.98. The molecule has 0 radical (unpaired) electrons. The predicted molar refractivity (Wildman–Crippen MR) is 58.5 cm³/mol. The summed E-state index contributed by atoms with van der Waals surface area (Å²) >= 11 is 0. The fourth-order valence-corrected chi connectivity index (χ4v) is 1.87. The van der Waals surface area contributed by atoms with Gasteiger partial charge in [-0.1, -0.05) is 30.3 Å². The van der Waals surface area contributed by atoms with Crippen LogP contribution in [0.4, 0.5) is 13.2 Å². The molecule has 0 aliphatic heterocycles. The topological polar surface area (TPSA) is 20.2 Å². The molecule has 1 aromatic carbocycles. The van der Waals surface area contributed by atoms with Crippen LogP contribution in [0.25, 0.3) is 0 Å². The van der Waals surface area contributed by atoms with Crippen LogP contribution in [0.5, 0.6) is 0 Å². The first-order chi connectivity index (χ1) is 7.93. The highest BCUT2D eigenvalue weighted by molar-refractivity contribution is 5.44. The van der Waals surface area contributed by atoms with Crippen LogP contribution in [0.15, 0.2) is 42.0 Å². The van der Waals surface area contributed by atoms with Crippen LogP contribution in [0.1, 0.15) is 18.4 Å². The summed E-state index contributed by atoms with van der Waals surface area (Å²) in [7, 11) is 0. The molecule has 92 valence electrons. The van der Waals surface area contributed by atoms with Gasteiger partial charge in [-0.25, -0.2) is 0 Å². The van der Waals surface area contributed by atoms with Crippen LogP contribution in [0.2, 0.25) is 0 Å². The number of hydrogen-bond acceptors (Lipinski definition) is 1. The highest BCUT2D eigenvalue weighted by atomic mass is 19.4. The molecule has 1 aromatic rings. The molecule has 0 saturated heterocycles. The molecule has 4 heteroatoms. The number of aliphatic hydroxyl groups is 1. The summed E-state index contributed by atoms with van der Waals surface area (Å²) in [6.45, 7) is 0. The van der Waals surface area contributed by atoms with Gasteiger partial charge in [-0.15, -0.1) is 0 Å². The van der Waals surface area contributed by atoms with E-state index in [1.807, 2.05) is 30.3 Å². The van der Waals surface area contributed by atoms with Crippen molar-refractivity contribution >= 4 is 0 Å². The zero-order valence-corrected chi connectivity index (χ0v) is 9.17. The van der Waals surface area contributed by atoms with E-state index in [-0.39, 0.29) is 5.57 Å². The monoisotopic (exact) mass is 242 g/mol. The molecule has 17 heavy (non-hydrogen) atoms. The van der Waals surface area contributed by atoms with Crippen LogP contribution in [-0.4, -0.2) is 16.9 Å². The second-order valence-electron chi connectivity index (χ2n) is 4.27. The number of benzene rings is 1. The van der Waals surface area contributed by atoms with Gasteiger partial charge < -0.3 is 5.11 Å². The second-order valence-corrected chi connectivity index (χ2v) is 4.27. The smallest absolute Gasteiger partial charge is 0.373 e. The van der Waals surface area contributed by atoms with Crippen LogP contribution in [0, 0.1) is 0 Å². The number of aryl methyl sites for hydroxylation is 1. The average molecular weight is 242 g/mol. The van der Waals surface area contributed by atoms with Crippen molar-refractivity contribution in [3.05, 3.63) is 47.5 Å². The number of rotatable bonds is 4. The van der Waals surface area contributed by atoms with E-state index in [1.54, 1.807) is 0 Å². The van der Waals surface area contributed by atoms with Gasteiger partial charge in [0, 0.05) is 0 Å². The third-order valence-electron chi connectivity index (χ3n) is 2.98. The highest BCUT2D eigenvalue weighted by Gasteiger charge is 2.62. The summed E-state index contributed by atoms with van der Waals surface area (Å²) < 4.78 is 37.0. The maximum atomic E-state index is 12.3. The van der Waals surface area contributed by atoms with Crippen molar-refractivity contribution in [3.8, 4) is 0 Å². The Labute approximate surface area is 97.6 Å². The van der Waals surface area contributed by atoms with E-state index < -0.39 is 11.8 Å². The molecule has 0 fully saturated rings. The molecular weight excluding hydrogens is 229 g/mol. The Balaban J connectivity index is 1.77. The molecule has 0 amide bonds. The van der Waals surface area contributed by atoms with Crippen LogP contribution in [-0.2, 0) is 6.42 Å². The molecule has 0 spiro atoms. The molecule has 1 N–H and O–H groups in total. The molecular formula is C13H13F3O. The first kappa shape index (κ1) is 12.2. The van der Waals surface area contributed by atoms with Gasteiger partial charge in [0.15, 0.2) is 0 Å². The molecule has 0 heterocycles. The Bertz CT molecular complexity index is 422. The van der Waals surface area contributed by atoms with Crippen molar-refractivity contribution in [1.29, 1.82) is 0 Å². The minimum absolute atomic E-state index is 0.0981. The maximum Gasteiger partial charge on any atom is 0.424 e. The summed E-state index contributed by atoms with van der Waals surface area (Å²) in [6.07, 6.45) is -2.02. The lowest BCUT2D eigenvalue weighted by molar-refractivity contribution is -0.210. The van der Waals surface area contributed by atoms with Crippen LogP contribution >= 0.6 is 0 Å². The number of alkyl halides is 3. The number of hydrogen-bond donors (Lipinski definition) is 1. The van der Waals surface area contributed by atoms with E-state index in [1.165, 1.54) is 0 Å². The molecule has 1 nitrogen and oxygen atoms in total. The third kappa shape index (κ3) is 2.52. The fourth-order valence-electron chi connectivity index (χ4n) is 1.87. The normalized spacial score (nSPS) is 23.4. The minimum atomic E-state index is -4.56. The van der Waals surface area contributed by atoms with Crippen molar-refractivity contribution in [2.75, 3.05) is 0 Å². The van der Waals surface area contributed by atoms with Gasteiger partial charge in [-0.2, -0.15) is 13.2 Å². The lowest BCUT2D eigenvalue weighted by Gasteiger charge is -2.15. The van der Waals surface area contributed by atoms with Crippen molar-refractivity contribution in [2.24, 2.45) is 0 Å². The molecule has 0 saturated carbocycles. The number of halogens is 3. The Morgan fingerprint density at radius 3 is 2.24 bits per heavy atom. The second kappa shape index (κ2) is 4.18. The van der Waals surface area contributed by atoms with Gasteiger partial charge in [-0.05, 0) is 36.5 Å². The van der Waals surface area contributed by atoms with E-state index >= 15 is 0 Å². The van der Waals surface area contributed by atoms with Gasteiger partial charge in [0.05, 0.1) is 0 Å². The lowest BCUT2D eigenvalue weighted by atomic mass is 10.1. The Morgan fingerprint density at radius 1 is 1.06 bits per heavy atom. The van der Waals surface area contributed by atoms with Gasteiger partial charge in [0.1, 0.15) is 0 Å². The summed E-state index contributed by atoms with van der Waals surface area (Å²) in [4.78, 5) is 0. The standard InChI is InChI=1S/C13H13F3O/c14-13(15,16)12(17)9-11(12)8-4-7-10-5-2-1-3-6-10/h1-3,5-6,9,17H,4,7-8H2. The summed E-state index contributed by atoms with van der Waals surface area (Å²) in [5.41, 5.74) is -1.41. The summed E-state index contributed by atoms with van der Waals surface area (Å²) in [5, 5.41) is 9.20. The van der Waals surface area contributed by atoms with E-state index in [4.69, 9.17) is 0 Å². The van der Waals surface area contributed by atoms with Crippen molar-refractivity contribution in [1.82, 2.24) is 0 Å². The molecule has 0 bridgehead atoms. The summed E-state index contributed by atoms with van der Waals surface area (Å²) in [5.74, 6) is 0. The van der Waals surface area contributed by atoms with E-state index in [2.05, 4.69) is 0 Å². The van der Waals surface area contributed by atoms with E-state index in [9.17, 15) is 18.3 Å². The first-order valence-corrected chi connectivity index (χ1v) is 5.49. The molecule has 1 unspecified atom stereocenters. The average Bonchev–Trinajstić information content (AvgIpc) is 2.92. The molecule has 2 rings (SSSR count). The zero-order valence-electron chi connectivity index (χ0n) is 9.17. The van der Waals surface area contributed by atoms with Gasteiger partial charge in [0.25, 0.3) is 0 Å². The molecule has 0 aromatic heterocycles. The lowest BCUT2D eigenvalue weighted by Crippen LogP contribution is -2.34.